The van der Waals surface area contributed by atoms with E-state index in [1.807, 2.05) is 4.90 Å². The molecule has 1 aliphatic heterocycles. The van der Waals surface area contributed by atoms with Gasteiger partial charge in [-0.2, -0.15) is 5.10 Å². The van der Waals surface area contributed by atoms with E-state index in [0.717, 1.165) is 25.9 Å². The van der Waals surface area contributed by atoms with Crippen LogP contribution < -0.4 is 10.5 Å². The standard InChI is InChI=1S/C10H17BN4O3/c11-9-8(15(17)18)10(13-4-1-2-5-13)14(12-9)6-3-7-16/h16H,1-7,11H2. The molecule has 0 unspecified atom stereocenters. The summed E-state index contributed by atoms with van der Waals surface area (Å²) in [7, 11) is 1.66. The van der Waals surface area contributed by atoms with Crippen LogP contribution in [0.2, 0.25) is 0 Å². The van der Waals surface area contributed by atoms with Crippen molar-refractivity contribution in [2.24, 2.45) is 0 Å². The fraction of sp³-hybridized carbons (Fsp3) is 0.700. The number of hydrogen-bond donors (Lipinski definition) is 1. The number of aryl methyl sites for hydroxylation is 1. The zero-order chi connectivity index (χ0) is 13.1. The van der Waals surface area contributed by atoms with Gasteiger partial charge in [0.2, 0.25) is 5.82 Å². The molecule has 98 valence electrons. The Kier molecular flexibility index (Phi) is 3.85. The second kappa shape index (κ2) is 5.39. The largest absolute Gasteiger partial charge is 0.396 e. The summed E-state index contributed by atoms with van der Waals surface area (Å²) in [4.78, 5) is 12.8. The maximum absolute atomic E-state index is 11.2. The van der Waals surface area contributed by atoms with Gasteiger partial charge in [0.25, 0.3) is 0 Å². The van der Waals surface area contributed by atoms with Crippen LogP contribution in [0.25, 0.3) is 0 Å². The van der Waals surface area contributed by atoms with Gasteiger partial charge in [-0.05, 0) is 19.3 Å². The summed E-state index contributed by atoms with van der Waals surface area (Å²) in [6.07, 6.45) is 2.67. The Morgan fingerprint density at radius 1 is 1.44 bits per heavy atom. The highest BCUT2D eigenvalue weighted by Crippen LogP contribution is 2.29. The molecule has 2 rings (SSSR count). The third kappa shape index (κ3) is 2.33. The van der Waals surface area contributed by atoms with E-state index in [4.69, 9.17) is 5.11 Å². The van der Waals surface area contributed by atoms with Crippen molar-refractivity contribution < 1.29 is 10.0 Å². The van der Waals surface area contributed by atoms with Gasteiger partial charge in [-0.25, -0.2) is 4.68 Å². The quantitative estimate of drug-likeness (QED) is 0.414. The fourth-order valence-corrected chi connectivity index (χ4v) is 2.39. The van der Waals surface area contributed by atoms with Crippen LogP contribution in [0.4, 0.5) is 11.5 Å². The van der Waals surface area contributed by atoms with Gasteiger partial charge in [-0.1, -0.05) is 0 Å². The van der Waals surface area contributed by atoms with Crippen LogP contribution in [0.1, 0.15) is 19.3 Å². The van der Waals surface area contributed by atoms with E-state index < -0.39 is 0 Å². The minimum atomic E-state index is -0.356. The van der Waals surface area contributed by atoms with Crippen molar-refractivity contribution >= 4 is 24.9 Å². The molecule has 1 aliphatic rings. The van der Waals surface area contributed by atoms with E-state index in [1.54, 1.807) is 12.5 Å². The van der Waals surface area contributed by atoms with E-state index in [1.165, 1.54) is 0 Å². The Labute approximate surface area is 106 Å². The Morgan fingerprint density at radius 2 is 2.11 bits per heavy atom. The molecule has 1 aromatic rings. The van der Waals surface area contributed by atoms with E-state index in [9.17, 15) is 10.1 Å². The molecule has 0 spiro atoms. The van der Waals surface area contributed by atoms with Crippen LogP contribution in [0.5, 0.6) is 0 Å². The van der Waals surface area contributed by atoms with Gasteiger partial charge < -0.3 is 10.0 Å². The second-order valence-electron chi connectivity index (χ2n) is 4.51. The lowest BCUT2D eigenvalue weighted by Crippen LogP contribution is -2.23. The van der Waals surface area contributed by atoms with Crippen molar-refractivity contribution in [2.75, 3.05) is 24.6 Å². The molecule has 1 N–H and O–H groups in total. The lowest BCUT2D eigenvalue weighted by atomic mass is 10.0. The lowest BCUT2D eigenvalue weighted by molar-refractivity contribution is -0.382. The average Bonchev–Trinajstić information content (AvgIpc) is 2.92. The number of aromatic nitrogens is 2. The molecule has 0 bridgehead atoms. The number of nitro groups is 1. The van der Waals surface area contributed by atoms with E-state index >= 15 is 0 Å². The number of hydrogen-bond acceptors (Lipinski definition) is 5. The number of rotatable bonds is 5. The van der Waals surface area contributed by atoms with Crippen LogP contribution in [-0.2, 0) is 6.54 Å². The topological polar surface area (TPSA) is 84.4 Å². The summed E-state index contributed by atoms with van der Waals surface area (Å²) in [6, 6.07) is 0. The first-order valence-electron chi connectivity index (χ1n) is 6.22. The summed E-state index contributed by atoms with van der Waals surface area (Å²) < 4.78 is 1.66. The van der Waals surface area contributed by atoms with Crippen molar-refractivity contribution in [1.29, 1.82) is 0 Å². The van der Waals surface area contributed by atoms with Crippen molar-refractivity contribution in [3.8, 4) is 0 Å². The second-order valence-corrected chi connectivity index (χ2v) is 4.51. The highest BCUT2D eigenvalue weighted by atomic mass is 16.6. The molecule has 0 saturated carbocycles. The van der Waals surface area contributed by atoms with Gasteiger partial charge in [-0.15, -0.1) is 0 Å². The monoisotopic (exact) mass is 252 g/mol. The molecular weight excluding hydrogens is 235 g/mol. The molecule has 18 heavy (non-hydrogen) atoms. The fourth-order valence-electron chi connectivity index (χ4n) is 2.39. The first-order chi connectivity index (χ1) is 8.65. The van der Waals surface area contributed by atoms with Crippen LogP contribution in [0.15, 0.2) is 0 Å². The minimum absolute atomic E-state index is 0.0617. The molecule has 0 aromatic carbocycles. The SMILES string of the molecule is Bc1nn(CCCO)c(N2CCCC2)c1[N+](=O)[O-]. The zero-order valence-electron chi connectivity index (χ0n) is 10.5. The molecule has 0 atom stereocenters. The van der Waals surface area contributed by atoms with Crippen LogP contribution in [-0.4, -0.2) is 47.4 Å². The van der Waals surface area contributed by atoms with Crippen molar-refractivity contribution in [2.45, 2.75) is 25.8 Å². The number of aliphatic hydroxyl groups excluding tert-OH is 1. The molecular formula is C10H17BN4O3. The van der Waals surface area contributed by atoms with E-state index in [0.29, 0.717) is 24.4 Å². The van der Waals surface area contributed by atoms with Crippen molar-refractivity contribution in [3.05, 3.63) is 10.1 Å². The number of anilines is 1. The van der Waals surface area contributed by atoms with Crippen LogP contribution >= 0.6 is 0 Å². The Balaban J connectivity index is 2.39. The molecule has 1 fully saturated rings. The molecule has 8 heteroatoms. The predicted octanol–water partition coefficient (Wildman–Crippen LogP) is -0.968. The molecule has 7 nitrogen and oxygen atoms in total. The van der Waals surface area contributed by atoms with E-state index in [2.05, 4.69) is 5.10 Å². The maximum atomic E-state index is 11.2. The van der Waals surface area contributed by atoms with Gasteiger partial charge in [0.1, 0.15) is 0 Å². The number of nitrogens with zero attached hydrogens (tertiary/aromatic N) is 4. The average molecular weight is 252 g/mol. The highest BCUT2D eigenvalue weighted by Gasteiger charge is 2.30. The first kappa shape index (κ1) is 12.9. The first-order valence-corrected chi connectivity index (χ1v) is 6.22. The lowest BCUT2D eigenvalue weighted by Gasteiger charge is -2.17. The van der Waals surface area contributed by atoms with E-state index in [-0.39, 0.29) is 17.2 Å². The Hall–Kier alpha value is -1.57. The van der Waals surface area contributed by atoms with Gasteiger partial charge >= 0.3 is 5.69 Å². The Bertz CT molecular complexity index is 443. The summed E-state index contributed by atoms with van der Waals surface area (Å²) in [6.45, 7) is 2.25. The summed E-state index contributed by atoms with van der Waals surface area (Å²) >= 11 is 0. The van der Waals surface area contributed by atoms with Gasteiger partial charge in [0.05, 0.1) is 10.5 Å². The van der Waals surface area contributed by atoms with Crippen molar-refractivity contribution in [1.82, 2.24) is 9.78 Å². The third-order valence-electron chi connectivity index (χ3n) is 3.19. The normalized spacial score (nSPS) is 15.3. The minimum Gasteiger partial charge on any atom is -0.396 e. The van der Waals surface area contributed by atoms with Crippen molar-refractivity contribution in [3.63, 3.8) is 0 Å². The molecule has 0 amide bonds. The predicted molar refractivity (Wildman–Crippen MR) is 70.2 cm³/mol. The summed E-state index contributed by atoms with van der Waals surface area (Å²) in [5.74, 6) is 0.600. The third-order valence-corrected chi connectivity index (χ3v) is 3.19. The molecule has 0 aliphatic carbocycles. The molecule has 1 saturated heterocycles. The maximum Gasteiger partial charge on any atom is 0.324 e. The summed E-state index contributed by atoms with van der Waals surface area (Å²) in [5, 5.41) is 24.3. The van der Waals surface area contributed by atoms with Crippen LogP contribution in [0, 0.1) is 10.1 Å². The molecule has 1 aromatic heterocycles. The smallest absolute Gasteiger partial charge is 0.324 e. The Morgan fingerprint density at radius 3 is 2.67 bits per heavy atom. The highest BCUT2D eigenvalue weighted by molar-refractivity contribution is 6.34. The zero-order valence-corrected chi connectivity index (χ0v) is 10.5. The van der Waals surface area contributed by atoms with Gasteiger partial charge in [0, 0.05) is 26.2 Å². The van der Waals surface area contributed by atoms with Gasteiger partial charge in [0.15, 0.2) is 7.85 Å². The number of aliphatic hydroxyl groups is 1. The van der Waals surface area contributed by atoms with Crippen LogP contribution in [0.3, 0.4) is 0 Å². The van der Waals surface area contributed by atoms with Gasteiger partial charge in [-0.3, -0.25) is 10.1 Å². The molecule has 0 radical (unpaired) electrons. The molecule has 2 heterocycles. The summed E-state index contributed by atoms with van der Waals surface area (Å²) in [5.41, 5.74) is 0.551.